The van der Waals surface area contributed by atoms with E-state index < -0.39 is 0 Å². The van der Waals surface area contributed by atoms with Gasteiger partial charge in [0.15, 0.2) is 0 Å². The number of hydrogen-bond acceptors (Lipinski definition) is 3. The van der Waals surface area contributed by atoms with E-state index in [0.717, 1.165) is 25.9 Å². The fraction of sp³-hybridized carbons (Fsp3) is 0.571. The topological polar surface area (TPSA) is 35.5 Å². The van der Waals surface area contributed by atoms with Crippen LogP contribution in [0.5, 0.6) is 5.75 Å². The molecule has 4 heteroatoms. The summed E-state index contributed by atoms with van der Waals surface area (Å²) in [6, 6.07) is 4.00. The first-order valence-corrected chi connectivity index (χ1v) is 6.37. The van der Waals surface area contributed by atoms with Crippen molar-refractivity contribution in [2.75, 3.05) is 27.2 Å². The Hall–Kier alpha value is -1.13. The van der Waals surface area contributed by atoms with Crippen molar-refractivity contribution >= 4 is 0 Å². The van der Waals surface area contributed by atoms with Gasteiger partial charge in [0, 0.05) is 11.6 Å². The third-order valence-electron chi connectivity index (χ3n) is 2.94. The Kier molecular flexibility index (Phi) is 6.09. The number of hydrogen-bond donors (Lipinski definition) is 2. The molecule has 0 amide bonds. The molecule has 102 valence electrons. The average molecular weight is 254 g/mol. The second-order valence-electron chi connectivity index (χ2n) is 4.89. The van der Waals surface area contributed by atoms with Crippen LogP contribution >= 0.6 is 0 Å². The summed E-state index contributed by atoms with van der Waals surface area (Å²) < 4.78 is 13.1. The van der Waals surface area contributed by atoms with Crippen molar-refractivity contribution in [3.8, 4) is 5.75 Å². The van der Waals surface area contributed by atoms with E-state index in [1.165, 1.54) is 18.2 Å². The van der Waals surface area contributed by atoms with Crippen LogP contribution in [-0.4, -0.2) is 37.2 Å². The highest BCUT2D eigenvalue weighted by molar-refractivity contribution is 5.34. The Labute approximate surface area is 109 Å². The Morgan fingerprint density at radius 2 is 2.06 bits per heavy atom. The quantitative estimate of drug-likeness (QED) is 0.734. The van der Waals surface area contributed by atoms with Gasteiger partial charge in [0.1, 0.15) is 11.6 Å². The third kappa shape index (κ3) is 5.02. The van der Waals surface area contributed by atoms with Crippen molar-refractivity contribution in [1.82, 2.24) is 10.2 Å². The van der Waals surface area contributed by atoms with Gasteiger partial charge < -0.3 is 15.3 Å². The van der Waals surface area contributed by atoms with Crippen LogP contribution in [0, 0.1) is 5.82 Å². The molecule has 1 atom stereocenters. The van der Waals surface area contributed by atoms with Gasteiger partial charge in [0.05, 0.1) is 0 Å². The van der Waals surface area contributed by atoms with Crippen molar-refractivity contribution in [3.05, 3.63) is 29.6 Å². The number of aromatic hydroxyl groups is 1. The maximum absolute atomic E-state index is 13.1. The Morgan fingerprint density at radius 1 is 1.33 bits per heavy atom. The van der Waals surface area contributed by atoms with Crippen molar-refractivity contribution in [1.29, 1.82) is 0 Å². The first-order valence-electron chi connectivity index (χ1n) is 6.37. The van der Waals surface area contributed by atoms with E-state index in [-0.39, 0.29) is 17.6 Å². The van der Waals surface area contributed by atoms with Crippen LogP contribution in [0.15, 0.2) is 18.2 Å². The number of nitrogens with one attached hydrogen (secondary N) is 1. The van der Waals surface area contributed by atoms with Crippen LogP contribution in [0.25, 0.3) is 0 Å². The maximum atomic E-state index is 13.1. The Bertz CT molecular complexity index is 369. The lowest BCUT2D eigenvalue weighted by Gasteiger charge is -2.16. The van der Waals surface area contributed by atoms with E-state index >= 15 is 0 Å². The number of phenolic OH excluding ortho intramolecular Hbond substituents is 1. The molecule has 1 rings (SSSR count). The molecule has 1 unspecified atom stereocenters. The standard InChI is InChI=1S/C14H23FN2O/c1-11(16-8-4-5-9-17(2)3)13-10-12(15)6-7-14(13)18/h6-7,10-11,16,18H,4-5,8-9H2,1-3H3. The highest BCUT2D eigenvalue weighted by atomic mass is 19.1. The fourth-order valence-corrected chi connectivity index (χ4v) is 1.85. The summed E-state index contributed by atoms with van der Waals surface area (Å²) in [4.78, 5) is 2.15. The number of unbranched alkanes of at least 4 members (excludes halogenated alkanes) is 1. The van der Waals surface area contributed by atoms with Crippen molar-refractivity contribution in [3.63, 3.8) is 0 Å². The van der Waals surface area contributed by atoms with Crippen molar-refractivity contribution < 1.29 is 9.50 Å². The number of phenols is 1. The molecule has 0 saturated carbocycles. The maximum Gasteiger partial charge on any atom is 0.123 e. The summed E-state index contributed by atoms with van der Waals surface area (Å²) in [6.45, 7) is 3.87. The average Bonchev–Trinajstić information content (AvgIpc) is 2.31. The molecule has 18 heavy (non-hydrogen) atoms. The Balaban J connectivity index is 2.36. The molecule has 0 aromatic heterocycles. The molecule has 3 nitrogen and oxygen atoms in total. The van der Waals surface area contributed by atoms with Crippen LogP contribution in [0.2, 0.25) is 0 Å². The van der Waals surface area contributed by atoms with Crippen molar-refractivity contribution in [2.24, 2.45) is 0 Å². The fourth-order valence-electron chi connectivity index (χ4n) is 1.85. The van der Waals surface area contributed by atoms with Crippen LogP contribution in [-0.2, 0) is 0 Å². The lowest BCUT2D eigenvalue weighted by Crippen LogP contribution is -2.21. The van der Waals surface area contributed by atoms with E-state index in [9.17, 15) is 9.50 Å². The van der Waals surface area contributed by atoms with Gasteiger partial charge in [0.25, 0.3) is 0 Å². The summed E-state index contributed by atoms with van der Waals surface area (Å²) in [7, 11) is 4.11. The van der Waals surface area contributed by atoms with Crippen LogP contribution in [0.3, 0.4) is 0 Å². The van der Waals surface area contributed by atoms with E-state index in [1.54, 1.807) is 0 Å². The molecule has 2 N–H and O–H groups in total. The largest absolute Gasteiger partial charge is 0.508 e. The number of benzene rings is 1. The highest BCUT2D eigenvalue weighted by Gasteiger charge is 2.10. The third-order valence-corrected chi connectivity index (χ3v) is 2.94. The molecular formula is C14H23FN2O. The first kappa shape index (κ1) is 14.9. The van der Waals surface area contributed by atoms with Crippen LogP contribution in [0.1, 0.15) is 31.4 Å². The zero-order valence-corrected chi connectivity index (χ0v) is 11.4. The molecule has 1 aromatic rings. The predicted octanol–water partition coefficient (Wildman–Crippen LogP) is 2.52. The van der Waals surface area contributed by atoms with Gasteiger partial charge in [0.2, 0.25) is 0 Å². The van der Waals surface area contributed by atoms with Gasteiger partial charge in [-0.25, -0.2) is 4.39 Å². The van der Waals surface area contributed by atoms with E-state index in [1.807, 2.05) is 6.92 Å². The van der Waals surface area contributed by atoms with Gasteiger partial charge in [-0.05, 0) is 65.1 Å². The lowest BCUT2D eigenvalue weighted by molar-refractivity contribution is 0.388. The lowest BCUT2D eigenvalue weighted by atomic mass is 10.1. The molecule has 0 aliphatic heterocycles. The van der Waals surface area contributed by atoms with E-state index in [0.29, 0.717) is 5.56 Å². The van der Waals surface area contributed by atoms with Gasteiger partial charge >= 0.3 is 0 Å². The normalized spacial score (nSPS) is 12.9. The molecule has 0 bridgehead atoms. The number of halogens is 1. The molecule has 0 spiro atoms. The zero-order chi connectivity index (χ0) is 13.5. The SMILES string of the molecule is CC(NCCCCN(C)C)c1cc(F)ccc1O. The molecule has 1 aromatic carbocycles. The van der Waals surface area contributed by atoms with Crippen LogP contribution in [0.4, 0.5) is 4.39 Å². The summed E-state index contributed by atoms with van der Waals surface area (Å²) in [5.41, 5.74) is 0.614. The summed E-state index contributed by atoms with van der Waals surface area (Å²) in [5.74, 6) is -0.172. The first-order chi connectivity index (χ1) is 8.50. The van der Waals surface area contributed by atoms with E-state index in [4.69, 9.17) is 0 Å². The molecule has 0 heterocycles. The summed E-state index contributed by atoms with van der Waals surface area (Å²) >= 11 is 0. The molecule has 0 radical (unpaired) electrons. The molecule has 0 aliphatic rings. The minimum Gasteiger partial charge on any atom is -0.508 e. The minimum absolute atomic E-state index is 0.0416. The second kappa shape index (κ2) is 7.34. The Morgan fingerprint density at radius 3 is 2.72 bits per heavy atom. The van der Waals surface area contributed by atoms with Gasteiger partial charge in [-0.3, -0.25) is 0 Å². The smallest absolute Gasteiger partial charge is 0.123 e. The molecular weight excluding hydrogens is 231 g/mol. The summed E-state index contributed by atoms with van der Waals surface area (Å²) in [5, 5.41) is 13.0. The zero-order valence-electron chi connectivity index (χ0n) is 11.4. The van der Waals surface area contributed by atoms with Gasteiger partial charge in [-0.15, -0.1) is 0 Å². The number of rotatable bonds is 7. The van der Waals surface area contributed by atoms with Gasteiger partial charge in [-0.1, -0.05) is 0 Å². The summed E-state index contributed by atoms with van der Waals surface area (Å²) in [6.07, 6.45) is 2.19. The monoisotopic (exact) mass is 254 g/mol. The van der Waals surface area contributed by atoms with Crippen LogP contribution < -0.4 is 5.32 Å². The highest BCUT2D eigenvalue weighted by Crippen LogP contribution is 2.24. The molecule has 0 saturated heterocycles. The van der Waals surface area contributed by atoms with Gasteiger partial charge in [-0.2, -0.15) is 0 Å². The van der Waals surface area contributed by atoms with Crippen molar-refractivity contribution in [2.45, 2.75) is 25.8 Å². The molecule has 0 aliphatic carbocycles. The number of nitrogens with zero attached hydrogens (tertiary/aromatic N) is 1. The minimum atomic E-state index is -0.316. The molecule has 0 fully saturated rings. The predicted molar refractivity (Wildman–Crippen MR) is 72.3 cm³/mol. The second-order valence-corrected chi connectivity index (χ2v) is 4.89. The van der Waals surface area contributed by atoms with E-state index in [2.05, 4.69) is 24.3 Å².